The van der Waals surface area contributed by atoms with E-state index in [2.05, 4.69) is 4.90 Å². The van der Waals surface area contributed by atoms with Gasteiger partial charge in [0.05, 0.1) is 11.4 Å². The highest BCUT2D eigenvalue weighted by molar-refractivity contribution is 5.95. The molecule has 2 unspecified atom stereocenters. The van der Waals surface area contributed by atoms with E-state index in [0.717, 1.165) is 23.8 Å². The summed E-state index contributed by atoms with van der Waals surface area (Å²) in [6, 6.07) is 5.97. The Morgan fingerprint density at radius 3 is 2.70 bits per heavy atom. The third-order valence-corrected chi connectivity index (χ3v) is 4.87. The van der Waals surface area contributed by atoms with E-state index in [1.165, 1.54) is 38.5 Å². The summed E-state index contributed by atoms with van der Waals surface area (Å²) < 4.78 is 0. The molecule has 4 N–H and O–H groups in total. The molecule has 20 heavy (non-hydrogen) atoms. The van der Waals surface area contributed by atoms with E-state index in [4.69, 9.17) is 11.5 Å². The Morgan fingerprint density at radius 1 is 1.15 bits per heavy atom. The van der Waals surface area contributed by atoms with E-state index < -0.39 is 0 Å². The summed E-state index contributed by atoms with van der Waals surface area (Å²) in [5, 5.41) is 0. The van der Waals surface area contributed by atoms with Crippen LogP contribution in [0.4, 0.5) is 11.4 Å². The maximum atomic E-state index is 11.4. The Balaban J connectivity index is 1.94. The smallest absolute Gasteiger partial charge is 0.248 e. The Labute approximate surface area is 120 Å². The van der Waals surface area contributed by atoms with Gasteiger partial charge in [-0.2, -0.15) is 0 Å². The quantitative estimate of drug-likeness (QED) is 0.813. The van der Waals surface area contributed by atoms with Crippen molar-refractivity contribution < 1.29 is 4.79 Å². The number of piperidine rings is 1. The van der Waals surface area contributed by atoms with Crippen molar-refractivity contribution in [3.8, 4) is 0 Å². The lowest BCUT2D eigenvalue weighted by molar-refractivity contribution is 0.100. The summed E-state index contributed by atoms with van der Waals surface area (Å²) in [4.78, 5) is 13.8. The molecular formula is C16H23N3O. The third-order valence-electron chi connectivity index (χ3n) is 4.87. The number of nitrogen functional groups attached to an aromatic ring is 1. The lowest BCUT2D eigenvalue weighted by Gasteiger charge is -2.45. The van der Waals surface area contributed by atoms with Gasteiger partial charge in [0.15, 0.2) is 0 Å². The number of rotatable bonds is 2. The molecule has 3 rings (SSSR count). The topological polar surface area (TPSA) is 72.3 Å². The number of benzene rings is 1. The van der Waals surface area contributed by atoms with Crippen molar-refractivity contribution in [2.24, 2.45) is 11.7 Å². The lowest BCUT2D eigenvalue weighted by Crippen LogP contribution is -2.47. The van der Waals surface area contributed by atoms with Crippen LogP contribution >= 0.6 is 0 Å². The van der Waals surface area contributed by atoms with Crippen molar-refractivity contribution in [1.29, 1.82) is 0 Å². The predicted octanol–water partition coefficient (Wildman–Crippen LogP) is 2.53. The molecule has 1 aliphatic heterocycles. The van der Waals surface area contributed by atoms with Crippen LogP contribution in [0.15, 0.2) is 18.2 Å². The van der Waals surface area contributed by atoms with Crippen LogP contribution in [0, 0.1) is 5.92 Å². The van der Waals surface area contributed by atoms with Crippen LogP contribution in [-0.4, -0.2) is 18.5 Å². The van der Waals surface area contributed by atoms with Gasteiger partial charge in [0.2, 0.25) is 5.91 Å². The summed E-state index contributed by atoms with van der Waals surface area (Å²) in [6.45, 7) is 1.04. The molecule has 0 spiro atoms. The van der Waals surface area contributed by atoms with Crippen molar-refractivity contribution in [3.05, 3.63) is 23.8 Å². The first kappa shape index (κ1) is 13.3. The third kappa shape index (κ3) is 2.35. The molecular weight excluding hydrogens is 250 g/mol. The van der Waals surface area contributed by atoms with Gasteiger partial charge in [-0.05, 0) is 49.8 Å². The van der Waals surface area contributed by atoms with Gasteiger partial charge >= 0.3 is 0 Å². The minimum absolute atomic E-state index is 0.386. The summed E-state index contributed by atoms with van der Waals surface area (Å²) in [5.41, 5.74) is 13.8. The zero-order valence-corrected chi connectivity index (χ0v) is 11.8. The number of nitrogens with zero attached hydrogens (tertiary/aromatic N) is 1. The van der Waals surface area contributed by atoms with Gasteiger partial charge in [-0.1, -0.05) is 12.8 Å². The largest absolute Gasteiger partial charge is 0.397 e. The van der Waals surface area contributed by atoms with Crippen molar-refractivity contribution >= 4 is 17.3 Å². The molecule has 1 amide bonds. The van der Waals surface area contributed by atoms with E-state index in [-0.39, 0.29) is 5.91 Å². The Morgan fingerprint density at radius 2 is 1.90 bits per heavy atom. The van der Waals surface area contributed by atoms with Gasteiger partial charge in [0.25, 0.3) is 0 Å². The van der Waals surface area contributed by atoms with Crippen LogP contribution < -0.4 is 16.4 Å². The van der Waals surface area contributed by atoms with E-state index in [0.29, 0.717) is 11.6 Å². The minimum Gasteiger partial charge on any atom is -0.397 e. The normalized spacial score (nSPS) is 26.1. The molecule has 1 aromatic rings. The zero-order valence-electron chi connectivity index (χ0n) is 11.8. The number of fused-ring (bicyclic) bond motifs is 1. The van der Waals surface area contributed by atoms with Crippen molar-refractivity contribution in [2.75, 3.05) is 17.2 Å². The highest BCUT2D eigenvalue weighted by Crippen LogP contribution is 2.39. The zero-order chi connectivity index (χ0) is 14.1. The molecule has 2 fully saturated rings. The fraction of sp³-hybridized carbons (Fsp3) is 0.562. The molecule has 0 aromatic heterocycles. The molecule has 0 radical (unpaired) electrons. The van der Waals surface area contributed by atoms with Gasteiger partial charge in [0.1, 0.15) is 0 Å². The molecule has 4 nitrogen and oxygen atoms in total. The number of hydrogen-bond acceptors (Lipinski definition) is 3. The van der Waals surface area contributed by atoms with Crippen LogP contribution in [0.2, 0.25) is 0 Å². The standard InChI is InChI=1S/C16H23N3O/c17-13-8-7-12(16(18)20)10-15(13)19-9-3-5-11-4-1-2-6-14(11)19/h7-8,10-11,14H,1-6,9,17H2,(H2,18,20). The average Bonchev–Trinajstić information content (AvgIpc) is 2.47. The van der Waals surface area contributed by atoms with Gasteiger partial charge in [-0.3, -0.25) is 4.79 Å². The van der Waals surface area contributed by atoms with Crippen LogP contribution in [0.1, 0.15) is 48.9 Å². The molecule has 1 aliphatic carbocycles. The second kappa shape index (κ2) is 5.35. The molecule has 1 saturated heterocycles. The second-order valence-corrected chi connectivity index (χ2v) is 6.09. The highest BCUT2D eigenvalue weighted by Gasteiger charge is 2.34. The number of hydrogen-bond donors (Lipinski definition) is 2. The summed E-state index contributed by atoms with van der Waals surface area (Å²) in [6.07, 6.45) is 7.76. The fourth-order valence-corrected chi connectivity index (χ4v) is 3.87. The Bertz CT molecular complexity index is 512. The first-order valence-electron chi connectivity index (χ1n) is 7.63. The Kier molecular flexibility index (Phi) is 3.55. The number of amides is 1. The highest BCUT2D eigenvalue weighted by atomic mass is 16.1. The van der Waals surface area contributed by atoms with Crippen molar-refractivity contribution in [2.45, 2.75) is 44.6 Å². The van der Waals surface area contributed by atoms with Crippen LogP contribution in [0.25, 0.3) is 0 Å². The van der Waals surface area contributed by atoms with Crippen molar-refractivity contribution in [3.63, 3.8) is 0 Å². The van der Waals surface area contributed by atoms with E-state index in [1.54, 1.807) is 6.07 Å². The maximum Gasteiger partial charge on any atom is 0.248 e. The average molecular weight is 273 g/mol. The molecule has 108 valence electrons. The molecule has 2 aliphatic rings. The van der Waals surface area contributed by atoms with E-state index >= 15 is 0 Å². The molecule has 0 bridgehead atoms. The fourth-order valence-electron chi connectivity index (χ4n) is 3.87. The first-order chi connectivity index (χ1) is 9.66. The lowest BCUT2D eigenvalue weighted by atomic mass is 9.78. The SMILES string of the molecule is NC(=O)c1ccc(N)c(N2CCCC3CCCCC32)c1. The van der Waals surface area contributed by atoms with Gasteiger partial charge in [-0.15, -0.1) is 0 Å². The molecule has 4 heteroatoms. The summed E-state index contributed by atoms with van der Waals surface area (Å²) in [5.74, 6) is 0.401. The van der Waals surface area contributed by atoms with Crippen LogP contribution in [-0.2, 0) is 0 Å². The second-order valence-electron chi connectivity index (χ2n) is 6.09. The molecule has 2 atom stereocenters. The molecule has 1 saturated carbocycles. The Hall–Kier alpha value is -1.71. The van der Waals surface area contributed by atoms with Gasteiger partial charge in [0, 0.05) is 18.2 Å². The number of nitrogens with two attached hydrogens (primary N) is 2. The van der Waals surface area contributed by atoms with E-state index in [9.17, 15) is 4.79 Å². The number of primary amides is 1. The monoisotopic (exact) mass is 273 g/mol. The van der Waals surface area contributed by atoms with Crippen LogP contribution in [0.3, 0.4) is 0 Å². The summed E-state index contributed by atoms with van der Waals surface area (Å²) in [7, 11) is 0. The first-order valence-corrected chi connectivity index (χ1v) is 7.63. The van der Waals surface area contributed by atoms with Crippen LogP contribution in [0.5, 0.6) is 0 Å². The number of carbonyl (C=O) groups is 1. The predicted molar refractivity (Wildman–Crippen MR) is 81.7 cm³/mol. The molecule has 1 heterocycles. The maximum absolute atomic E-state index is 11.4. The van der Waals surface area contributed by atoms with E-state index in [1.807, 2.05) is 12.1 Å². The number of carbonyl (C=O) groups excluding carboxylic acids is 1. The summed E-state index contributed by atoms with van der Waals surface area (Å²) >= 11 is 0. The van der Waals surface area contributed by atoms with Gasteiger partial charge in [-0.25, -0.2) is 0 Å². The molecule has 1 aromatic carbocycles. The van der Waals surface area contributed by atoms with Gasteiger partial charge < -0.3 is 16.4 Å². The number of anilines is 2. The minimum atomic E-state index is -0.386. The van der Waals surface area contributed by atoms with Crippen molar-refractivity contribution in [1.82, 2.24) is 0 Å².